The highest BCUT2D eigenvalue weighted by molar-refractivity contribution is 7.47. The maximum atomic E-state index is 12.5. The van der Waals surface area contributed by atoms with Gasteiger partial charge < -0.3 is 20.1 Å². The molecule has 0 aliphatic carbocycles. The van der Waals surface area contributed by atoms with Gasteiger partial charge in [0.2, 0.25) is 0 Å². The molecule has 0 saturated carbocycles. The third-order valence-electron chi connectivity index (χ3n) is 7.37. The van der Waals surface area contributed by atoms with Gasteiger partial charge in [0, 0.05) is 19.4 Å². The molecule has 0 rings (SSSR count). The van der Waals surface area contributed by atoms with E-state index >= 15 is 0 Å². The van der Waals surface area contributed by atoms with Crippen molar-refractivity contribution in [2.24, 2.45) is 5.73 Å². The van der Waals surface area contributed by atoms with Gasteiger partial charge in [-0.1, -0.05) is 156 Å². The van der Waals surface area contributed by atoms with Gasteiger partial charge >= 0.3 is 19.8 Å². The molecule has 10 heteroatoms. The van der Waals surface area contributed by atoms with Crippen molar-refractivity contribution in [2.75, 3.05) is 26.4 Å². The molecule has 0 heterocycles. The molecule has 0 aliphatic heterocycles. The van der Waals surface area contributed by atoms with Gasteiger partial charge in [-0.3, -0.25) is 18.6 Å². The molecule has 3 N–H and O–H groups in total. The zero-order chi connectivity index (χ0) is 38.2. The van der Waals surface area contributed by atoms with Crippen molar-refractivity contribution in [1.82, 2.24) is 0 Å². The Labute approximate surface area is 315 Å². The van der Waals surface area contributed by atoms with Gasteiger partial charge in [0.15, 0.2) is 6.10 Å². The first-order chi connectivity index (χ1) is 25.3. The summed E-state index contributed by atoms with van der Waals surface area (Å²) in [4.78, 5) is 34.7. The van der Waals surface area contributed by atoms with Crippen LogP contribution in [0.25, 0.3) is 0 Å². The first kappa shape index (κ1) is 48.9. The highest BCUT2D eigenvalue weighted by Crippen LogP contribution is 2.43. The predicted octanol–water partition coefficient (Wildman–Crippen LogP) is 10.7. The molecule has 0 saturated heterocycles. The number of unbranched alkanes of at least 4 members (excludes halogenated alkanes) is 11. The lowest BCUT2D eigenvalue weighted by Gasteiger charge is -2.19. The Morgan fingerprint density at radius 3 is 1.58 bits per heavy atom. The third kappa shape index (κ3) is 36.7. The maximum Gasteiger partial charge on any atom is 0.472 e. The first-order valence-corrected chi connectivity index (χ1v) is 20.8. The standard InChI is InChI=1S/C42H68NO8P/c1-3-5-7-9-11-13-15-17-18-19-20-21-23-24-26-28-30-32-34-41(44)48-38-40(39-50-52(46,47)49-37-36-43)51-42(45)35-33-31-29-27-25-22-16-14-12-10-8-6-4-2/h6-21,40H,3-5,22-39,43H2,1-2H3,(H,46,47)/b8-6+,9-7+,12-10+,13-11+,16-14+,17-15+,19-18+,21-20+. The van der Waals surface area contributed by atoms with E-state index in [4.69, 9.17) is 24.3 Å². The molecule has 0 spiro atoms. The van der Waals surface area contributed by atoms with Crippen LogP contribution in [0.1, 0.15) is 123 Å². The van der Waals surface area contributed by atoms with Gasteiger partial charge in [0.05, 0.1) is 13.2 Å². The van der Waals surface area contributed by atoms with Gasteiger partial charge in [0.25, 0.3) is 0 Å². The number of ether oxygens (including phenoxy) is 2. The number of phosphoric ester groups is 1. The molecule has 0 aliphatic rings. The fourth-order valence-electron chi connectivity index (χ4n) is 4.54. The molecule has 0 aromatic carbocycles. The first-order valence-electron chi connectivity index (χ1n) is 19.3. The predicted molar refractivity (Wildman–Crippen MR) is 215 cm³/mol. The Morgan fingerprint density at radius 2 is 1.06 bits per heavy atom. The van der Waals surface area contributed by atoms with Gasteiger partial charge in [0.1, 0.15) is 6.61 Å². The summed E-state index contributed by atoms with van der Waals surface area (Å²) >= 11 is 0. The number of rotatable bonds is 34. The third-order valence-corrected chi connectivity index (χ3v) is 8.36. The number of carbonyl (C=O) groups excluding carboxylic acids is 2. The number of allylic oxidation sites excluding steroid dienone is 16. The Kier molecular flexibility index (Phi) is 35.5. The Morgan fingerprint density at radius 1 is 0.596 bits per heavy atom. The number of hydrogen-bond acceptors (Lipinski definition) is 8. The van der Waals surface area contributed by atoms with Crippen LogP contribution in [-0.4, -0.2) is 49.3 Å². The number of esters is 2. The van der Waals surface area contributed by atoms with Gasteiger partial charge in [-0.25, -0.2) is 4.57 Å². The summed E-state index contributed by atoms with van der Waals surface area (Å²) in [5, 5.41) is 0. The van der Waals surface area contributed by atoms with E-state index in [-0.39, 0.29) is 32.6 Å². The van der Waals surface area contributed by atoms with E-state index in [2.05, 4.69) is 56.4 Å². The van der Waals surface area contributed by atoms with E-state index in [9.17, 15) is 19.0 Å². The lowest BCUT2D eigenvalue weighted by Crippen LogP contribution is -2.29. The molecule has 2 atom stereocenters. The van der Waals surface area contributed by atoms with Crippen LogP contribution in [0.2, 0.25) is 0 Å². The summed E-state index contributed by atoms with van der Waals surface area (Å²) in [5.74, 6) is -0.896. The van der Waals surface area contributed by atoms with Crippen LogP contribution in [0, 0.1) is 0 Å². The second-order valence-electron chi connectivity index (χ2n) is 12.2. The topological polar surface area (TPSA) is 134 Å². The second-order valence-corrected chi connectivity index (χ2v) is 13.7. The monoisotopic (exact) mass is 745 g/mol. The number of phosphoric acid groups is 1. The zero-order valence-electron chi connectivity index (χ0n) is 32.0. The molecule has 0 radical (unpaired) electrons. The minimum absolute atomic E-state index is 0.0396. The van der Waals surface area contributed by atoms with E-state index in [1.54, 1.807) is 0 Å². The molecule has 0 amide bonds. The summed E-state index contributed by atoms with van der Waals surface area (Å²) in [6.07, 6.45) is 47.2. The largest absolute Gasteiger partial charge is 0.472 e. The van der Waals surface area contributed by atoms with E-state index in [0.29, 0.717) is 12.8 Å². The minimum atomic E-state index is -4.39. The van der Waals surface area contributed by atoms with Crippen LogP contribution in [0.3, 0.4) is 0 Å². The molecule has 2 unspecified atom stereocenters. The fourth-order valence-corrected chi connectivity index (χ4v) is 5.31. The molecule has 0 fully saturated rings. The van der Waals surface area contributed by atoms with Gasteiger partial charge in [-0.05, 0) is 51.4 Å². The molecule has 9 nitrogen and oxygen atoms in total. The van der Waals surface area contributed by atoms with Crippen molar-refractivity contribution in [2.45, 2.75) is 129 Å². The SMILES string of the molecule is CC/C=C/C=C/C=C/CCCCCCCC(=O)OC(COC(=O)CCCCCCC/C=C/C=C/C=C/C=C/C=C/CCC)COP(=O)(O)OCCN. The Balaban J connectivity index is 4.32. The molecule has 0 bridgehead atoms. The highest BCUT2D eigenvalue weighted by Gasteiger charge is 2.25. The van der Waals surface area contributed by atoms with Crippen LogP contribution in [-0.2, 0) is 32.7 Å². The fraction of sp³-hybridized carbons (Fsp3) is 0.571. The van der Waals surface area contributed by atoms with Crippen molar-refractivity contribution in [3.8, 4) is 0 Å². The van der Waals surface area contributed by atoms with Crippen molar-refractivity contribution in [3.63, 3.8) is 0 Å². The molecule has 294 valence electrons. The Bertz CT molecular complexity index is 1170. The summed E-state index contributed by atoms with van der Waals surface area (Å²) in [5.41, 5.74) is 5.33. The average molecular weight is 746 g/mol. The lowest BCUT2D eigenvalue weighted by molar-refractivity contribution is -0.161. The van der Waals surface area contributed by atoms with E-state index in [1.807, 2.05) is 54.7 Å². The molecular formula is C42H68NO8P. The van der Waals surface area contributed by atoms with E-state index in [0.717, 1.165) is 83.5 Å². The summed E-state index contributed by atoms with van der Waals surface area (Å²) in [7, 11) is -4.39. The zero-order valence-corrected chi connectivity index (χ0v) is 32.9. The number of nitrogens with two attached hydrogens (primary N) is 1. The van der Waals surface area contributed by atoms with E-state index < -0.39 is 32.5 Å². The summed E-state index contributed by atoms with van der Waals surface area (Å²) in [6, 6.07) is 0. The molecular weight excluding hydrogens is 677 g/mol. The van der Waals surface area contributed by atoms with Crippen LogP contribution >= 0.6 is 7.82 Å². The van der Waals surface area contributed by atoms with Crippen LogP contribution in [0.4, 0.5) is 0 Å². The molecule has 0 aromatic rings. The van der Waals surface area contributed by atoms with E-state index in [1.165, 1.54) is 0 Å². The van der Waals surface area contributed by atoms with Gasteiger partial charge in [-0.2, -0.15) is 0 Å². The molecule has 52 heavy (non-hydrogen) atoms. The van der Waals surface area contributed by atoms with Crippen LogP contribution in [0.5, 0.6) is 0 Å². The normalized spacial score (nSPS) is 14.5. The smallest absolute Gasteiger partial charge is 0.462 e. The van der Waals surface area contributed by atoms with Crippen molar-refractivity contribution in [3.05, 3.63) is 97.2 Å². The lowest BCUT2D eigenvalue weighted by atomic mass is 10.1. The van der Waals surface area contributed by atoms with Crippen molar-refractivity contribution < 1.29 is 37.6 Å². The van der Waals surface area contributed by atoms with Crippen LogP contribution in [0.15, 0.2) is 97.2 Å². The number of hydrogen-bond donors (Lipinski definition) is 2. The quantitative estimate of drug-likeness (QED) is 0.0286. The molecule has 0 aromatic heterocycles. The second kappa shape index (κ2) is 37.7. The minimum Gasteiger partial charge on any atom is -0.462 e. The Hall–Kier alpha value is -3.07. The van der Waals surface area contributed by atoms with Crippen molar-refractivity contribution >= 4 is 19.8 Å². The van der Waals surface area contributed by atoms with Gasteiger partial charge in [-0.15, -0.1) is 0 Å². The highest BCUT2D eigenvalue weighted by atomic mass is 31.2. The van der Waals surface area contributed by atoms with Crippen molar-refractivity contribution in [1.29, 1.82) is 0 Å². The average Bonchev–Trinajstić information content (AvgIpc) is 3.13. The summed E-state index contributed by atoms with van der Waals surface area (Å²) < 4.78 is 32.6. The van der Waals surface area contributed by atoms with Crippen LogP contribution < -0.4 is 5.73 Å². The maximum absolute atomic E-state index is 12.5. The number of carbonyl (C=O) groups is 2. The summed E-state index contributed by atoms with van der Waals surface area (Å²) in [6.45, 7) is 3.41.